The maximum absolute atomic E-state index is 13.7. The number of benzene rings is 3. The van der Waals surface area contributed by atoms with Crippen molar-refractivity contribution in [2.45, 2.75) is 39.2 Å². The van der Waals surface area contributed by atoms with E-state index in [9.17, 15) is 23.5 Å². The Balaban J connectivity index is 1.84. The third-order valence-corrected chi connectivity index (χ3v) is 6.31. The van der Waals surface area contributed by atoms with Crippen LogP contribution in [-0.2, 0) is 11.3 Å². The van der Waals surface area contributed by atoms with Crippen molar-refractivity contribution in [1.29, 1.82) is 0 Å². The highest BCUT2D eigenvalue weighted by Crippen LogP contribution is 2.47. The van der Waals surface area contributed by atoms with Crippen LogP contribution in [0.3, 0.4) is 0 Å². The van der Waals surface area contributed by atoms with E-state index in [-0.39, 0.29) is 22.9 Å². The molecular formula is C26H24ClF2NO5. The van der Waals surface area contributed by atoms with Gasteiger partial charge in [-0.15, -0.1) is 0 Å². The number of aliphatic carboxylic acids is 1. The topological polar surface area (TPSA) is 76.1 Å². The average molecular weight is 504 g/mol. The lowest BCUT2D eigenvalue weighted by Crippen LogP contribution is -2.24. The molecule has 4 rings (SSSR count). The monoisotopic (exact) mass is 503 g/mol. The molecular weight excluding hydrogens is 480 g/mol. The van der Waals surface area contributed by atoms with Gasteiger partial charge >= 0.3 is 5.97 Å². The molecule has 1 heterocycles. The van der Waals surface area contributed by atoms with Gasteiger partial charge in [0.2, 0.25) is 0 Å². The van der Waals surface area contributed by atoms with Gasteiger partial charge in [-0.25, -0.2) is 8.78 Å². The number of carboxylic acids is 1. The molecule has 1 N–H and O–H groups in total. The van der Waals surface area contributed by atoms with E-state index in [1.165, 1.54) is 4.90 Å². The predicted octanol–water partition coefficient (Wildman–Crippen LogP) is 6.27. The maximum atomic E-state index is 13.7. The van der Waals surface area contributed by atoms with E-state index in [0.717, 1.165) is 0 Å². The number of carbonyl (C=O) groups excluding carboxylic acids is 1. The largest absolute Gasteiger partial charge is 0.492 e. The minimum Gasteiger partial charge on any atom is -0.492 e. The van der Waals surface area contributed by atoms with Crippen LogP contribution in [0.2, 0.25) is 5.02 Å². The Bertz CT molecular complexity index is 1300. The molecule has 0 fully saturated rings. The summed E-state index contributed by atoms with van der Waals surface area (Å²) in [5.41, 5.74) is 1.59. The van der Waals surface area contributed by atoms with E-state index in [1.54, 1.807) is 56.3 Å². The van der Waals surface area contributed by atoms with Crippen molar-refractivity contribution in [1.82, 2.24) is 0 Å². The first-order valence-corrected chi connectivity index (χ1v) is 11.6. The molecule has 1 aliphatic heterocycles. The molecule has 1 unspecified atom stereocenters. The number of alkyl halides is 2. The first kappa shape index (κ1) is 24.7. The van der Waals surface area contributed by atoms with Gasteiger partial charge in [0.05, 0.1) is 35.3 Å². The summed E-state index contributed by atoms with van der Waals surface area (Å²) >= 11 is 6.52. The molecule has 0 saturated carbocycles. The van der Waals surface area contributed by atoms with E-state index < -0.39 is 30.8 Å². The van der Waals surface area contributed by atoms with Crippen LogP contribution in [0, 0.1) is 0 Å². The summed E-state index contributed by atoms with van der Waals surface area (Å²) in [5.74, 6) is -1.53. The third-order valence-electron chi connectivity index (χ3n) is 6.01. The van der Waals surface area contributed by atoms with Crippen molar-refractivity contribution < 1.29 is 33.0 Å². The Morgan fingerprint density at radius 3 is 2.37 bits per heavy atom. The fraction of sp³-hybridized carbons (Fsp3) is 0.308. The Kier molecular flexibility index (Phi) is 7.12. The van der Waals surface area contributed by atoms with Crippen molar-refractivity contribution in [2.75, 3.05) is 18.1 Å². The normalized spacial score (nSPS) is 13.9. The van der Waals surface area contributed by atoms with Gasteiger partial charge in [-0.1, -0.05) is 48.9 Å². The molecule has 184 valence electrons. The predicted molar refractivity (Wildman–Crippen MR) is 129 cm³/mol. The summed E-state index contributed by atoms with van der Waals surface area (Å²) in [5, 5.41) is 10.8. The van der Waals surface area contributed by atoms with Gasteiger partial charge in [-0.05, 0) is 31.0 Å². The van der Waals surface area contributed by atoms with Gasteiger partial charge in [0.15, 0.2) is 0 Å². The Morgan fingerprint density at radius 2 is 1.80 bits per heavy atom. The fourth-order valence-electron chi connectivity index (χ4n) is 4.48. The highest BCUT2D eigenvalue weighted by Gasteiger charge is 2.37. The first-order valence-electron chi connectivity index (χ1n) is 11.2. The summed E-state index contributed by atoms with van der Waals surface area (Å²) in [7, 11) is 0. The number of ether oxygens (including phenoxy) is 2. The number of rotatable bonds is 9. The molecule has 1 atom stereocenters. The number of amides is 1. The smallest absolute Gasteiger partial charge is 0.310 e. The number of halogens is 3. The second kappa shape index (κ2) is 10.1. The van der Waals surface area contributed by atoms with E-state index in [0.29, 0.717) is 46.4 Å². The third kappa shape index (κ3) is 4.50. The molecule has 3 aromatic rings. The van der Waals surface area contributed by atoms with Crippen LogP contribution in [0.1, 0.15) is 47.7 Å². The van der Waals surface area contributed by atoms with Gasteiger partial charge in [0, 0.05) is 16.3 Å². The molecule has 1 amide bonds. The molecule has 0 bridgehead atoms. The molecule has 6 nitrogen and oxygen atoms in total. The zero-order valence-corrected chi connectivity index (χ0v) is 19.9. The number of carboxylic acid groups (broad SMARTS) is 1. The van der Waals surface area contributed by atoms with Crippen LogP contribution in [0.4, 0.5) is 14.5 Å². The standard InChI is InChI=1S/C26H24ClF2NO5/c1-3-15(26(32)33)14-9-10-20(19(27)11-14)30-12-18-22(25(30)31)24(34-4-2)17-8-6-5-7-16(17)23(18)35-13-21(28)29/h5-11,15,21H,3-4,12-13H2,1-2H3,(H,32,33). The maximum Gasteiger partial charge on any atom is 0.310 e. The minimum absolute atomic E-state index is 0.0346. The van der Waals surface area contributed by atoms with Crippen LogP contribution in [0.25, 0.3) is 10.8 Å². The number of hydrogen-bond donors (Lipinski definition) is 1. The van der Waals surface area contributed by atoms with Gasteiger partial charge in [-0.3, -0.25) is 9.59 Å². The second-order valence-electron chi connectivity index (χ2n) is 8.09. The van der Waals surface area contributed by atoms with Crippen LogP contribution < -0.4 is 14.4 Å². The SMILES string of the molecule is CCOc1c2c(c(OCC(F)F)c3ccccc13)CN(c1ccc(C(CC)C(=O)O)cc1Cl)C2=O. The highest BCUT2D eigenvalue weighted by atomic mass is 35.5. The van der Waals surface area contributed by atoms with Crippen molar-refractivity contribution in [3.63, 3.8) is 0 Å². The molecule has 0 saturated heterocycles. The Hall–Kier alpha value is -3.39. The molecule has 9 heteroatoms. The fourth-order valence-corrected chi connectivity index (χ4v) is 4.77. The lowest BCUT2D eigenvalue weighted by molar-refractivity contribution is -0.138. The Labute approximate surface area is 206 Å². The first-order chi connectivity index (χ1) is 16.8. The van der Waals surface area contributed by atoms with Crippen LogP contribution in [-0.4, -0.2) is 36.6 Å². The van der Waals surface area contributed by atoms with Crippen molar-refractivity contribution in [3.8, 4) is 11.5 Å². The van der Waals surface area contributed by atoms with Crippen molar-refractivity contribution >= 4 is 39.9 Å². The van der Waals surface area contributed by atoms with Gasteiger partial charge in [0.1, 0.15) is 18.1 Å². The Morgan fingerprint density at radius 1 is 1.11 bits per heavy atom. The summed E-state index contributed by atoms with van der Waals surface area (Å²) in [6.07, 6.45) is -2.30. The second-order valence-corrected chi connectivity index (χ2v) is 8.50. The van der Waals surface area contributed by atoms with Crippen LogP contribution in [0.5, 0.6) is 11.5 Å². The lowest BCUT2D eigenvalue weighted by Gasteiger charge is -2.19. The van der Waals surface area contributed by atoms with Crippen LogP contribution in [0.15, 0.2) is 42.5 Å². The number of hydrogen-bond acceptors (Lipinski definition) is 4. The molecule has 35 heavy (non-hydrogen) atoms. The minimum atomic E-state index is -2.69. The van der Waals surface area contributed by atoms with Crippen molar-refractivity contribution in [3.05, 3.63) is 64.2 Å². The van der Waals surface area contributed by atoms with E-state index in [4.69, 9.17) is 21.1 Å². The quantitative estimate of drug-likeness (QED) is 0.372. The molecule has 0 spiro atoms. The number of carbonyl (C=O) groups is 2. The van der Waals surface area contributed by atoms with Gasteiger partial charge in [0.25, 0.3) is 12.3 Å². The van der Waals surface area contributed by atoms with E-state index in [1.807, 2.05) is 0 Å². The lowest BCUT2D eigenvalue weighted by atomic mass is 9.96. The average Bonchev–Trinajstić information content (AvgIpc) is 3.15. The number of nitrogens with zero attached hydrogens (tertiary/aromatic N) is 1. The van der Waals surface area contributed by atoms with Crippen LogP contribution >= 0.6 is 11.6 Å². The zero-order valence-electron chi connectivity index (χ0n) is 19.2. The molecule has 0 aromatic heterocycles. The number of fused-ring (bicyclic) bond motifs is 2. The molecule has 0 radical (unpaired) electrons. The van der Waals surface area contributed by atoms with E-state index in [2.05, 4.69) is 0 Å². The summed E-state index contributed by atoms with van der Waals surface area (Å²) in [6.45, 7) is 3.07. The summed E-state index contributed by atoms with van der Waals surface area (Å²) in [4.78, 5) is 26.6. The molecule has 3 aromatic carbocycles. The van der Waals surface area contributed by atoms with Gasteiger partial charge < -0.3 is 19.5 Å². The van der Waals surface area contributed by atoms with Gasteiger partial charge in [-0.2, -0.15) is 0 Å². The van der Waals surface area contributed by atoms with E-state index >= 15 is 0 Å². The zero-order chi connectivity index (χ0) is 25.3. The summed E-state index contributed by atoms with van der Waals surface area (Å²) < 4.78 is 37.5. The molecule has 1 aliphatic rings. The highest BCUT2D eigenvalue weighted by molar-refractivity contribution is 6.34. The molecule has 0 aliphatic carbocycles. The van der Waals surface area contributed by atoms with Crippen molar-refractivity contribution in [2.24, 2.45) is 0 Å². The number of anilines is 1. The summed E-state index contributed by atoms with van der Waals surface area (Å²) in [6, 6.07) is 11.8.